The highest BCUT2D eigenvalue weighted by atomic mass is 19.4. The Labute approximate surface area is 214 Å². The second-order valence-corrected chi connectivity index (χ2v) is 9.14. The summed E-state index contributed by atoms with van der Waals surface area (Å²) in [6, 6.07) is 13.0. The van der Waals surface area contributed by atoms with E-state index in [-0.39, 0.29) is 24.3 Å². The number of alkyl halides is 3. The molecule has 0 amide bonds. The molecule has 0 unspecified atom stereocenters. The first-order valence-electron chi connectivity index (χ1n) is 12.2. The van der Waals surface area contributed by atoms with Gasteiger partial charge in [0.05, 0.1) is 11.3 Å². The molecule has 192 valence electrons. The maximum Gasteiger partial charge on any atom is 0.416 e. The topological polar surface area (TPSA) is 71.2 Å². The van der Waals surface area contributed by atoms with Crippen molar-refractivity contribution in [1.82, 2.24) is 15.2 Å². The molecule has 5 nitrogen and oxygen atoms in total. The number of nitrogens with one attached hydrogen (secondary N) is 1. The van der Waals surface area contributed by atoms with Crippen molar-refractivity contribution in [2.45, 2.75) is 32.6 Å². The number of rotatable bonds is 6. The molecule has 1 aliphatic rings. The highest BCUT2D eigenvalue weighted by molar-refractivity contribution is 5.98. The number of carbonyl (C=O) groups excluding carboxylic acids is 1. The summed E-state index contributed by atoms with van der Waals surface area (Å²) in [5.41, 5.74) is 8.91. The third-order valence-electron chi connectivity index (χ3n) is 6.38. The van der Waals surface area contributed by atoms with Crippen LogP contribution in [0.3, 0.4) is 0 Å². The molecule has 1 fully saturated rings. The molecule has 1 aliphatic heterocycles. The Balaban J connectivity index is 1.52. The van der Waals surface area contributed by atoms with Crippen LogP contribution in [0.4, 0.5) is 13.2 Å². The van der Waals surface area contributed by atoms with Crippen molar-refractivity contribution in [2.75, 3.05) is 26.2 Å². The standard InChI is InChI=1S/C29H29F3N4O/c1-20-2-6-24(16-23(20)7-3-21-5-9-26(17-33)35-18-21)28(37)15-22-4-8-25(27(14-22)29(30,31)32)19-36-12-10-34-11-13-36/h2,4-6,8-9,14,16,18,34H,10-13,15,17,19,33H2,1H3. The molecule has 2 aromatic carbocycles. The highest BCUT2D eigenvalue weighted by Crippen LogP contribution is 2.33. The van der Waals surface area contributed by atoms with E-state index in [1.807, 2.05) is 17.9 Å². The lowest BCUT2D eigenvalue weighted by atomic mass is 9.96. The Morgan fingerprint density at radius 1 is 1.08 bits per heavy atom. The smallest absolute Gasteiger partial charge is 0.325 e. The first-order chi connectivity index (χ1) is 17.7. The molecule has 0 aliphatic carbocycles. The monoisotopic (exact) mass is 506 g/mol. The number of carbonyl (C=O) groups is 1. The second-order valence-electron chi connectivity index (χ2n) is 9.14. The summed E-state index contributed by atoms with van der Waals surface area (Å²) in [6.45, 7) is 5.39. The minimum atomic E-state index is -4.49. The average Bonchev–Trinajstić information content (AvgIpc) is 2.89. The number of aryl methyl sites for hydroxylation is 1. The molecule has 8 heteroatoms. The first kappa shape index (κ1) is 26.6. The Bertz CT molecular complexity index is 1320. The van der Waals surface area contributed by atoms with E-state index in [2.05, 4.69) is 22.1 Å². The number of piperazine rings is 1. The number of nitrogens with two attached hydrogens (primary N) is 1. The van der Waals surface area contributed by atoms with Gasteiger partial charge < -0.3 is 11.1 Å². The van der Waals surface area contributed by atoms with E-state index >= 15 is 0 Å². The number of halogens is 3. The lowest BCUT2D eigenvalue weighted by Gasteiger charge is -2.28. The number of pyridine rings is 1. The van der Waals surface area contributed by atoms with E-state index in [9.17, 15) is 18.0 Å². The van der Waals surface area contributed by atoms with Crippen LogP contribution in [0.25, 0.3) is 0 Å². The van der Waals surface area contributed by atoms with Crippen LogP contribution in [0.5, 0.6) is 0 Å². The van der Waals surface area contributed by atoms with E-state index in [0.29, 0.717) is 41.9 Å². The fourth-order valence-electron chi connectivity index (χ4n) is 4.22. The number of Topliss-reactive ketones (excluding diaryl/α,β-unsaturated/α-hetero) is 1. The lowest BCUT2D eigenvalue weighted by molar-refractivity contribution is -0.138. The lowest BCUT2D eigenvalue weighted by Crippen LogP contribution is -2.43. The van der Waals surface area contributed by atoms with Gasteiger partial charge in [0.1, 0.15) is 0 Å². The summed E-state index contributed by atoms with van der Waals surface area (Å²) in [7, 11) is 0. The van der Waals surface area contributed by atoms with E-state index in [0.717, 1.165) is 30.4 Å². The number of aromatic nitrogens is 1. The highest BCUT2D eigenvalue weighted by Gasteiger charge is 2.34. The van der Waals surface area contributed by atoms with Crippen LogP contribution in [0.2, 0.25) is 0 Å². The summed E-state index contributed by atoms with van der Waals surface area (Å²) >= 11 is 0. The molecule has 1 aromatic heterocycles. The normalized spacial score (nSPS) is 14.2. The quantitative estimate of drug-likeness (QED) is 0.389. The van der Waals surface area contributed by atoms with E-state index < -0.39 is 11.7 Å². The van der Waals surface area contributed by atoms with Gasteiger partial charge in [0, 0.05) is 68.6 Å². The third-order valence-corrected chi connectivity index (χ3v) is 6.38. The van der Waals surface area contributed by atoms with Gasteiger partial charge in [-0.3, -0.25) is 14.7 Å². The van der Waals surface area contributed by atoms with E-state index in [1.54, 1.807) is 36.5 Å². The Morgan fingerprint density at radius 3 is 2.54 bits per heavy atom. The van der Waals surface area contributed by atoms with Gasteiger partial charge >= 0.3 is 6.18 Å². The predicted octanol–water partition coefficient (Wildman–Crippen LogP) is 4.10. The van der Waals surface area contributed by atoms with Crippen LogP contribution < -0.4 is 11.1 Å². The van der Waals surface area contributed by atoms with Crippen LogP contribution in [-0.4, -0.2) is 41.8 Å². The van der Waals surface area contributed by atoms with Gasteiger partial charge in [0.25, 0.3) is 0 Å². The number of nitrogens with zero attached hydrogens (tertiary/aromatic N) is 2. The van der Waals surface area contributed by atoms with Crippen molar-refractivity contribution in [3.05, 3.63) is 99.4 Å². The van der Waals surface area contributed by atoms with Crippen molar-refractivity contribution in [3.8, 4) is 11.8 Å². The number of hydrogen-bond acceptors (Lipinski definition) is 5. The van der Waals surface area contributed by atoms with Crippen LogP contribution in [0, 0.1) is 18.8 Å². The summed E-state index contributed by atoms with van der Waals surface area (Å²) in [6.07, 6.45) is -2.98. The second kappa shape index (κ2) is 11.7. The van der Waals surface area contributed by atoms with Crippen LogP contribution >= 0.6 is 0 Å². The van der Waals surface area contributed by atoms with Crippen LogP contribution in [0.1, 0.15) is 49.4 Å². The SMILES string of the molecule is Cc1ccc(C(=O)Cc2ccc(CN3CCNCC3)c(C(F)(F)F)c2)cc1C#Cc1ccc(CN)nc1. The van der Waals surface area contributed by atoms with Gasteiger partial charge in [0.2, 0.25) is 0 Å². The van der Waals surface area contributed by atoms with Crippen molar-refractivity contribution in [1.29, 1.82) is 0 Å². The number of benzene rings is 2. The molecule has 0 spiro atoms. The fraction of sp³-hybridized carbons (Fsp3) is 0.310. The molecule has 4 rings (SSSR count). The molecule has 3 N–H and O–H groups in total. The summed E-state index contributed by atoms with van der Waals surface area (Å²) < 4.78 is 41.6. The Morgan fingerprint density at radius 2 is 1.86 bits per heavy atom. The maximum atomic E-state index is 13.9. The molecular formula is C29H29F3N4O. The molecule has 1 saturated heterocycles. The molecule has 37 heavy (non-hydrogen) atoms. The number of ketones is 1. The Kier molecular flexibility index (Phi) is 8.39. The summed E-state index contributed by atoms with van der Waals surface area (Å²) in [4.78, 5) is 19.2. The summed E-state index contributed by atoms with van der Waals surface area (Å²) in [5, 5.41) is 3.20. The predicted molar refractivity (Wildman–Crippen MR) is 137 cm³/mol. The molecule has 0 radical (unpaired) electrons. The van der Waals surface area contributed by atoms with Gasteiger partial charge in [-0.1, -0.05) is 36.1 Å². The number of hydrogen-bond donors (Lipinski definition) is 2. The van der Waals surface area contributed by atoms with Gasteiger partial charge in [-0.25, -0.2) is 0 Å². The van der Waals surface area contributed by atoms with Gasteiger partial charge in [0.15, 0.2) is 5.78 Å². The zero-order chi connectivity index (χ0) is 26.4. The Hall–Kier alpha value is -3.51. The largest absolute Gasteiger partial charge is 0.416 e. The minimum absolute atomic E-state index is 0.128. The van der Waals surface area contributed by atoms with E-state index in [4.69, 9.17) is 5.73 Å². The molecule has 2 heterocycles. The first-order valence-corrected chi connectivity index (χ1v) is 12.2. The summed E-state index contributed by atoms with van der Waals surface area (Å²) in [5.74, 6) is 5.84. The van der Waals surface area contributed by atoms with Crippen molar-refractivity contribution in [2.24, 2.45) is 5.73 Å². The maximum absolute atomic E-state index is 13.9. The van der Waals surface area contributed by atoms with Crippen LogP contribution in [-0.2, 0) is 25.7 Å². The van der Waals surface area contributed by atoms with Crippen molar-refractivity contribution in [3.63, 3.8) is 0 Å². The van der Waals surface area contributed by atoms with Gasteiger partial charge in [-0.2, -0.15) is 13.2 Å². The third kappa shape index (κ3) is 7.04. The van der Waals surface area contributed by atoms with Crippen molar-refractivity contribution < 1.29 is 18.0 Å². The molecule has 0 saturated carbocycles. The van der Waals surface area contributed by atoms with E-state index in [1.165, 1.54) is 6.07 Å². The molecular weight excluding hydrogens is 477 g/mol. The van der Waals surface area contributed by atoms with Crippen LogP contribution in [0.15, 0.2) is 54.7 Å². The zero-order valence-electron chi connectivity index (χ0n) is 20.7. The molecule has 0 atom stereocenters. The fourth-order valence-corrected chi connectivity index (χ4v) is 4.22. The van der Waals surface area contributed by atoms with Gasteiger partial charge in [-0.05, 0) is 47.9 Å². The van der Waals surface area contributed by atoms with Crippen molar-refractivity contribution >= 4 is 5.78 Å². The minimum Gasteiger partial charge on any atom is -0.325 e. The average molecular weight is 507 g/mol. The van der Waals surface area contributed by atoms with Gasteiger partial charge in [-0.15, -0.1) is 0 Å². The zero-order valence-corrected chi connectivity index (χ0v) is 20.7. The molecule has 0 bridgehead atoms. The molecule has 3 aromatic rings.